The van der Waals surface area contributed by atoms with Gasteiger partial charge in [0.15, 0.2) is 0 Å². The number of fused-ring (bicyclic) bond motifs is 2. The summed E-state index contributed by atoms with van der Waals surface area (Å²) >= 11 is 0. The Labute approximate surface area is 213 Å². The van der Waals surface area contributed by atoms with E-state index in [-0.39, 0.29) is 18.6 Å². The molecule has 37 heavy (non-hydrogen) atoms. The number of carbonyl (C=O) groups excluding carboxylic acids is 1. The van der Waals surface area contributed by atoms with Crippen LogP contribution in [0.15, 0.2) is 78.4 Å². The van der Waals surface area contributed by atoms with Crippen LogP contribution in [0.1, 0.15) is 42.4 Å². The largest absolute Gasteiger partial charge is 0.494 e. The maximum absolute atomic E-state index is 13.2. The van der Waals surface area contributed by atoms with Crippen molar-refractivity contribution in [3.8, 4) is 22.9 Å². The average molecular weight is 503 g/mol. The number of halogens is 3. The van der Waals surface area contributed by atoms with Crippen LogP contribution in [-0.2, 0) is 16.8 Å². The molecule has 1 unspecified atom stereocenters. The maximum Gasteiger partial charge on any atom is 0.389 e. The molecule has 1 aliphatic heterocycles. The van der Waals surface area contributed by atoms with Gasteiger partial charge in [0.25, 0.3) is 5.91 Å². The van der Waals surface area contributed by atoms with E-state index in [1.165, 1.54) is 0 Å². The highest BCUT2D eigenvalue weighted by molar-refractivity contribution is 6.08. The van der Waals surface area contributed by atoms with Gasteiger partial charge in [-0.15, -0.1) is 0 Å². The van der Waals surface area contributed by atoms with E-state index >= 15 is 0 Å². The van der Waals surface area contributed by atoms with Crippen molar-refractivity contribution in [2.45, 2.75) is 43.8 Å². The number of ether oxygens (including phenoxy) is 1. The molecular weight excluding hydrogens is 477 g/mol. The number of aryl methyl sites for hydroxylation is 1. The minimum atomic E-state index is -4.19. The Morgan fingerprint density at radius 1 is 1.00 bits per heavy atom. The summed E-state index contributed by atoms with van der Waals surface area (Å²) in [6.07, 6.45) is -3.38. The minimum absolute atomic E-state index is 0.0190. The van der Waals surface area contributed by atoms with Gasteiger partial charge in [-0.05, 0) is 64.8 Å². The van der Waals surface area contributed by atoms with E-state index in [9.17, 15) is 23.2 Å². The molecule has 1 amide bonds. The lowest BCUT2D eigenvalue weighted by atomic mass is 9.77. The van der Waals surface area contributed by atoms with Crippen molar-refractivity contribution in [3.63, 3.8) is 0 Å². The van der Waals surface area contributed by atoms with Gasteiger partial charge in [-0.1, -0.05) is 60.7 Å². The highest BCUT2D eigenvalue weighted by Crippen LogP contribution is 2.48. The molecule has 188 valence electrons. The third-order valence-electron chi connectivity index (χ3n) is 7.10. The summed E-state index contributed by atoms with van der Waals surface area (Å²) in [5.74, 6) is 0.120. The van der Waals surface area contributed by atoms with Gasteiger partial charge >= 0.3 is 6.18 Å². The third-order valence-corrected chi connectivity index (χ3v) is 7.10. The highest BCUT2D eigenvalue weighted by Gasteiger charge is 2.45. The number of benzene rings is 3. The normalized spacial score (nSPS) is 18.9. The monoisotopic (exact) mass is 502 g/mol. The Bertz CT molecular complexity index is 1410. The number of rotatable bonds is 6. The van der Waals surface area contributed by atoms with Crippen LogP contribution in [0.4, 0.5) is 13.2 Å². The molecule has 1 atom stereocenters. The first-order valence-corrected chi connectivity index (χ1v) is 12.2. The van der Waals surface area contributed by atoms with Gasteiger partial charge in [0.2, 0.25) is 0 Å². The van der Waals surface area contributed by atoms with Crippen molar-refractivity contribution in [2.24, 2.45) is 0 Å². The number of alkyl halides is 3. The SMILES string of the molecule is N#CC1=C(c2ccccc2-c2ccccc2)CC2(CCc3cc(OCCCC(F)(F)F)ccc32)NC1=O. The summed E-state index contributed by atoms with van der Waals surface area (Å²) in [6.45, 7) is -0.0190. The van der Waals surface area contributed by atoms with E-state index < -0.39 is 24.0 Å². The van der Waals surface area contributed by atoms with Gasteiger partial charge in [-0.2, -0.15) is 18.4 Å². The Balaban J connectivity index is 1.46. The number of carbonyl (C=O) groups is 1. The molecule has 0 bridgehead atoms. The first-order valence-electron chi connectivity index (χ1n) is 12.2. The van der Waals surface area contributed by atoms with Gasteiger partial charge in [-0.3, -0.25) is 4.79 Å². The second-order valence-corrected chi connectivity index (χ2v) is 9.48. The highest BCUT2D eigenvalue weighted by atomic mass is 19.4. The number of amides is 1. The van der Waals surface area contributed by atoms with Gasteiger partial charge in [0.1, 0.15) is 17.4 Å². The number of hydrogen-bond acceptors (Lipinski definition) is 3. The second kappa shape index (κ2) is 9.78. The van der Waals surface area contributed by atoms with Crippen LogP contribution in [0.25, 0.3) is 16.7 Å². The van der Waals surface area contributed by atoms with Gasteiger partial charge in [0, 0.05) is 12.8 Å². The summed E-state index contributed by atoms with van der Waals surface area (Å²) < 4.78 is 42.8. The van der Waals surface area contributed by atoms with Crippen LogP contribution in [0.2, 0.25) is 0 Å². The molecule has 0 saturated heterocycles. The Kier molecular flexibility index (Phi) is 6.51. The van der Waals surface area contributed by atoms with Crippen molar-refractivity contribution in [1.29, 1.82) is 5.26 Å². The summed E-state index contributed by atoms with van der Waals surface area (Å²) in [7, 11) is 0. The lowest BCUT2D eigenvalue weighted by molar-refractivity contribution is -0.136. The molecule has 2 aliphatic rings. The van der Waals surface area contributed by atoms with Crippen molar-refractivity contribution < 1.29 is 22.7 Å². The fraction of sp³-hybridized carbons (Fsp3) is 0.267. The van der Waals surface area contributed by atoms with Crippen LogP contribution in [0, 0.1) is 11.3 Å². The molecule has 3 aromatic rings. The molecule has 1 aliphatic carbocycles. The molecule has 7 heteroatoms. The quantitative estimate of drug-likeness (QED) is 0.381. The van der Waals surface area contributed by atoms with Crippen LogP contribution < -0.4 is 10.1 Å². The topological polar surface area (TPSA) is 62.1 Å². The zero-order chi connectivity index (χ0) is 26.0. The number of nitriles is 1. The zero-order valence-electron chi connectivity index (χ0n) is 20.1. The van der Waals surface area contributed by atoms with E-state index in [2.05, 4.69) is 11.4 Å². The predicted molar refractivity (Wildman–Crippen MR) is 134 cm³/mol. The van der Waals surface area contributed by atoms with Gasteiger partial charge < -0.3 is 10.1 Å². The molecule has 1 heterocycles. The van der Waals surface area contributed by atoms with Crippen molar-refractivity contribution in [2.75, 3.05) is 6.61 Å². The van der Waals surface area contributed by atoms with Crippen molar-refractivity contribution in [3.05, 3.63) is 95.1 Å². The molecule has 0 fully saturated rings. The lowest BCUT2D eigenvalue weighted by Gasteiger charge is -2.37. The fourth-order valence-electron chi connectivity index (χ4n) is 5.41. The smallest absolute Gasteiger partial charge is 0.389 e. The van der Waals surface area contributed by atoms with E-state index in [0.717, 1.165) is 27.8 Å². The molecule has 4 nitrogen and oxygen atoms in total. The zero-order valence-corrected chi connectivity index (χ0v) is 20.1. The number of hydrogen-bond donors (Lipinski definition) is 1. The molecule has 5 rings (SSSR count). The molecule has 0 saturated carbocycles. The molecule has 1 spiro atoms. The fourth-order valence-corrected chi connectivity index (χ4v) is 5.41. The van der Waals surface area contributed by atoms with Crippen molar-refractivity contribution in [1.82, 2.24) is 5.32 Å². The first-order chi connectivity index (χ1) is 17.8. The standard InChI is InChI=1S/C30H25F3N2O2/c31-30(32,33)14-6-16-37-22-11-12-27-21(17-22)13-15-29(27)18-25(26(19-34)28(36)35-29)24-10-5-4-9-23(24)20-7-2-1-3-8-20/h1-5,7-12,17H,6,13-16,18H2,(H,35,36). The summed E-state index contributed by atoms with van der Waals surface area (Å²) in [6, 6.07) is 25.3. The van der Waals surface area contributed by atoms with E-state index in [1.807, 2.05) is 66.7 Å². The third kappa shape index (κ3) is 4.97. The van der Waals surface area contributed by atoms with Crippen LogP contribution in [0.3, 0.4) is 0 Å². The summed E-state index contributed by atoms with van der Waals surface area (Å²) in [5.41, 5.74) is 4.93. The molecule has 0 aromatic heterocycles. The molecule has 0 radical (unpaired) electrons. The molecule has 1 N–H and O–H groups in total. The van der Waals surface area contributed by atoms with Gasteiger partial charge in [0.05, 0.1) is 12.1 Å². The van der Waals surface area contributed by atoms with Crippen LogP contribution in [0.5, 0.6) is 5.75 Å². The van der Waals surface area contributed by atoms with E-state index in [0.29, 0.717) is 30.6 Å². The minimum Gasteiger partial charge on any atom is -0.494 e. The lowest BCUT2D eigenvalue weighted by Crippen LogP contribution is -2.48. The second-order valence-electron chi connectivity index (χ2n) is 9.48. The van der Waals surface area contributed by atoms with Crippen molar-refractivity contribution >= 4 is 11.5 Å². The first kappa shape index (κ1) is 24.6. The average Bonchev–Trinajstić information content (AvgIpc) is 3.23. The Morgan fingerprint density at radius 3 is 2.46 bits per heavy atom. The summed E-state index contributed by atoms with van der Waals surface area (Å²) in [4.78, 5) is 13.2. The van der Waals surface area contributed by atoms with E-state index in [1.54, 1.807) is 6.07 Å². The maximum atomic E-state index is 13.2. The van der Waals surface area contributed by atoms with Crippen LogP contribution in [-0.4, -0.2) is 18.7 Å². The van der Waals surface area contributed by atoms with Gasteiger partial charge in [-0.25, -0.2) is 0 Å². The molecular formula is C30H25F3N2O2. The molecule has 3 aromatic carbocycles. The van der Waals surface area contributed by atoms with Crippen LogP contribution >= 0.6 is 0 Å². The Hall–Kier alpha value is -4.05. The number of nitrogens with one attached hydrogen (secondary N) is 1. The Morgan fingerprint density at radius 2 is 1.73 bits per heavy atom. The predicted octanol–water partition coefficient (Wildman–Crippen LogP) is 6.71. The number of nitrogens with zero attached hydrogens (tertiary/aromatic N) is 1. The van der Waals surface area contributed by atoms with E-state index in [4.69, 9.17) is 4.74 Å². The summed E-state index contributed by atoms with van der Waals surface area (Å²) in [5, 5.41) is 13.0.